The van der Waals surface area contributed by atoms with E-state index in [1.54, 1.807) is 11.3 Å². The fourth-order valence-electron chi connectivity index (χ4n) is 1.42. The van der Waals surface area contributed by atoms with Crippen molar-refractivity contribution in [3.63, 3.8) is 0 Å². The summed E-state index contributed by atoms with van der Waals surface area (Å²) in [6.07, 6.45) is 3.81. The quantitative estimate of drug-likeness (QED) is 0.713. The Hall–Kier alpha value is -0.370. The summed E-state index contributed by atoms with van der Waals surface area (Å²) in [4.78, 5) is 4.55. The zero-order valence-electron chi connectivity index (χ0n) is 9.05. The van der Waals surface area contributed by atoms with Crippen LogP contribution in [-0.4, -0.2) is 4.98 Å². The van der Waals surface area contributed by atoms with Crippen LogP contribution in [-0.2, 0) is 5.41 Å². The Kier molecular flexibility index (Phi) is 3.48. The monoisotopic (exact) mass is 197 g/mol. The van der Waals surface area contributed by atoms with Gasteiger partial charge >= 0.3 is 0 Å². The molecular formula is C11H19NS. The highest BCUT2D eigenvalue weighted by Gasteiger charge is 2.22. The van der Waals surface area contributed by atoms with Gasteiger partial charge in [0, 0.05) is 10.8 Å². The fourth-order valence-corrected chi connectivity index (χ4v) is 2.23. The number of nitrogens with zero attached hydrogens (tertiary/aromatic N) is 1. The van der Waals surface area contributed by atoms with Gasteiger partial charge in [0.2, 0.25) is 0 Å². The van der Waals surface area contributed by atoms with Crippen molar-refractivity contribution in [1.82, 2.24) is 4.98 Å². The van der Waals surface area contributed by atoms with Crippen LogP contribution in [0.3, 0.4) is 0 Å². The van der Waals surface area contributed by atoms with Gasteiger partial charge in [-0.05, 0) is 13.3 Å². The van der Waals surface area contributed by atoms with Crippen molar-refractivity contribution >= 4 is 11.3 Å². The molecule has 0 aliphatic carbocycles. The minimum atomic E-state index is 0.265. The molecule has 0 fully saturated rings. The maximum absolute atomic E-state index is 4.55. The summed E-state index contributed by atoms with van der Waals surface area (Å²) in [7, 11) is 0. The first-order chi connectivity index (χ1) is 6.06. The molecule has 1 aromatic rings. The van der Waals surface area contributed by atoms with Crippen LogP contribution < -0.4 is 0 Å². The molecule has 74 valence electrons. The zero-order chi connectivity index (χ0) is 9.90. The first-order valence-electron chi connectivity index (χ1n) is 4.99. The lowest BCUT2D eigenvalue weighted by molar-refractivity contribution is 0.447. The molecular weight excluding hydrogens is 178 g/mol. The van der Waals surface area contributed by atoms with Crippen LogP contribution >= 0.6 is 11.3 Å². The minimum absolute atomic E-state index is 0.265. The molecule has 0 radical (unpaired) electrons. The molecule has 0 N–H and O–H groups in total. The van der Waals surface area contributed by atoms with Crippen LogP contribution in [0.2, 0.25) is 0 Å². The van der Waals surface area contributed by atoms with Crippen molar-refractivity contribution in [3.05, 3.63) is 16.1 Å². The SMILES string of the molecule is CCCCC(C)(C)c1csc(C)n1. The molecule has 0 bridgehead atoms. The minimum Gasteiger partial charge on any atom is -0.246 e. The third kappa shape index (κ3) is 2.80. The van der Waals surface area contributed by atoms with Gasteiger partial charge in [0.25, 0.3) is 0 Å². The van der Waals surface area contributed by atoms with E-state index < -0.39 is 0 Å². The number of unbranched alkanes of at least 4 members (excludes halogenated alkanes) is 1. The summed E-state index contributed by atoms with van der Waals surface area (Å²) < 4.78 is 0. The fraction of sp³-hybridized carbons (Fsp3) is 0.727. The number of aryl methyl sites for hydroxylation is 1. The first-order valence-corrected chi connectivity index (χ1v) is 5.87. The van der Waals surface area contributed by atoms with Gasteiger partial charge in [-0.1, -0.05) is 33.6 Å². The van der Waals surface area contributed by atoms with Crippen molar-refractivity contribution in [2.45, 2.75) is 52.4 Å². The van der Waals surface area contributed by atoms with Gasteiger partial charge < -0.3 is 0 Å². The van der Waals surface area contributed by atoms with E-state index in [9.17, 15) is 0 Å². The third-order valence-electron chi connectivity index (χ3n) is 2.47. The highest BCUT2D eigenvalue weighted by molar-refractivity contribution is 7.09. The molecule has 0 atom stereocenters. The largest absolute Gasteiger partial charge is 0.246 e. The predicted octanol–water partition coefficient (Wildman–Crippen LogP) is 3.92. The Balaban J connectivity index is 2.68. The molecule has 0 aromatic carbocycles. The van der Waals surface area contributed by atoms with Crippen molar-refractivity contribution in [2.75, 3.05) is 0 Å². The molecule has 1 heterocycles. The van der Waals surface area contributed by atoms with Crippen LogP contribution in [0, 0.1) is 6.92 Å². The Labute approximate surface area is 85.2 Å². The summed E-state index contributed by atoms with van der Waals surface area (Å²) >= 11 is 1.75. The van der Waals surface area contributed by atoms with Gasteiger partial charge in [-0.25, -0.2) is 4.98 Å². The van der Waals surface area contributed by atoms with E-state index in [0.717, 1.165) is 0 Å². The van der Waals surface area contributed by atoms with Crippen LogP contribution in [0.15, 0.2) is 5.38 Å². The Bertz CT molecular complexity index is 263. The van der Waals surface area contributed by atoms with Gasteiger partial charge in [-0.3, -0.25) is 0 Å². The molecule has 0 saturated heterocycles. The number of hydrogen-bond donors (Lipinski definition) is 0. The van der Waals surface area contributed by atoms with Crippen LogP contribution in [0.5, 0.6) is 0 Å². The average Bonchev–Trinajstić information content (AvgIpc) is 2.49. The van der Waals surface area contributed by atoms with Crippen molar-refractivity contribution < 1.29 is 0 Å². The molecule has 1 nitrogen and oxygen atoms in total. The van der Waals surface area contributed by atoms with Crippen molar-refractivity contribution in [1.29, 1.82) is 0 Å². The molecule has 13 heavy (non-hydrogen) atoms. The predicted molar refractivity (Wildman–Crippen MR) is 59.4 cm³/mol. The van der Waals surface area contributed by atoms with Gasteiger partial charge in [0.15, 0.2) is 0 Å². The first kappa shape index (κ1) is 10.7. The zero-order valence-corrected chi connectivity index (χ0v) is 9.87. The molecule has 1 aromatic heterocycles. The number of rotatable bonds is 4. The van der Waals surface area contributed by atoms with Gasteiger partial charge in [0.1, 0.15) is 0 Å². The molecule has 0 spiro atoms. The van der Waals surface area contributed by atoms with E-state index in [4.69, 9.17) is 0 Å². The van der Waals surface area contributed by atoms with Gasteiger partial charge in [0.05, 0.1) is 10.7 Å². The smallest absolute Gasteiger partial charge is 0.0897 e. The molecule has 2 heteroatoms. The number of thiazole rings is 1. The lowest BCUT2D eigenvalue weighted by Crippen LogP contribution is -2.17. The summed E-state index contributed by atoms with van der Waals surface area (Å²) in [5.74, 6) is 0. The molecule has 0 amide bonds. The maximum Gasteiger partial charge on any atom is 0.0897 e. The number of aromatic nitrogens is 1. The van der Waals surface area contributed by atoms with E-state index in [-0.39, 0.29) is 5.41 Å². The third-order valence-corrected chi connectivity index (χ3v) is 3.24. The van der Waals surface area contributed by atoms with Crippen LogP contribution in [0.25, 0.3) is 0 Å². The average molecular weight is 197 g/mol. The second-order valence-corrected chi connectivity index (χ2v) is 5.30. The van der Waals surface area contributed by atoms with E-state index >= 15 is 0 Å². The summed E-state index contributed by atoms with van der Waals surface area (Å²) in [5.41, 5.74) is 1.53. The van der Waals surface area contributed by atoms with E-state index in [2.05, 4.69) is 38.1 Å². The lowest BCUT2D eigenvalue weighted by atomic mass is 9.84. The molecule has 0 aliphatic heterocycles. The van der Waals surface area contributed by atoms with E-state index in [1.807, 2.05) is 0 Å². The second-order valence-electron chi connectivity index (χ2n) is 4.24. The summed E-state index contributed by atoms with van der Waals surface area (Å²) in [6.45, 7) is 8.89. The van der Waals surface area contributed by atoms with E-state index in [0.29, 0.717) is 0 Å². The maximum atomic E-state index is 4.55. The lowest BCUT2D eigenvalue weighted by Gasteiger charge is -2.21. The molecule has 0 aliphatic rings. The molecule has 0 saturated carbocycles. The number of hydrogen-bond acceptors (Lipinski definition) is 2. The Morgan fingerprint density at radius 3 is 2.62 bits per heavy atom. The Morgan fingerprint density at radius 1 is 1.46 bits per heavy atom. The van der Waals surface area contributed by atoms with Crippen LogP contribution in [0.4, 0.5) is 0 Å². The van der Waals surface area contributed by atoms with Crippen LogP contribution in [0.1, 0.15) is 50.7 Å². The van der Waals surface area contributed by atoms with Crippen molar-refractivity contribution in [2.24, 2.45) is 0 Å². The van der Waals surface area contributed by atoms with Gasteiger partial charge in [-0.2, -0.15) is 0 Å². The Morgan fingerprint density at radius 2 is 2.15 bits per heavy atom. The normalized spacial score (nSPS) is 12.0. The summed E-state index contributed by atoms with van der Waals surface area (Å²) in [5, 5.41) is 3.38. The van der Waals surface area contributed by atoms with Crippen molar-refractivity contribution in [3.8, 4) is 0 Å². The summed E-state index contributed by atoms with van der Waals surface area (Å²) in [6, 6.07) is 0. The molecule has 0 unspecified atom stereocenters. The topological polar surface area (TPSA) is 12.9 Å². The highest BCUT2D eigenvalue weighted by atomic mass is 32.1. The highest BCUT2D eigenvalue weighted by Crippen LogP contribution is 2.29. The standard InChI is InChI=1S/C11H19NS/c1-5-6-7-11(3,4)10-8-13-9(2)12-10/h8H,5-7H2,1-4H3. The van der Waals surface area contributed by atoms with Gasteiger partial charge in [-0.15, -0.1) is 11.3 Å². The van der Waals surface area contributed by atoms with E-state index in [1.165, 1.54) is 30.0 Å². The molecule has 1 rings (SSSR count). The second kappa shape index (κ2) is 4.23.